The highest BCUT2D eigenvalue weighted by atomic mass is 35.5. The van der Waals surface area contributed by atoms with Gasteiger partial charge in [-0.2, -0.15) is 0 Å². The van der Waals surface area contributed by atoms with Crippen LogP contribution in [0.3, 0.4) is 0 Å². The van der Waals surface area contributed by atoms with Gasteiger partial charge < -0.3 is 9.52 Å². The molecule has 33 heavy (non-hydrogen) atoms. The molecule has 4 aromatic rings. The van der Waals surface area contributed by atoms with Crippen molar-refractivity contribution in [2.24, 2.45) is 0 Å². The predicted octanol–water partition coefficient (Wildman–Crippen LogP) is 4.89. The van der Waals surface area contributed by atoms with Crippen LogP contribution in [0.4, 0.5) is 10.7 Å². The zero-order valence-electron chi connectivity index (χ0n) is 17.0. The molecule has 0 amide bonds. The highest BCUT2D eigenvalue weighted by molar-refractivity contribution is 7.91. The first-order chi connectivity index (χ1) is 15.5. The minimum absolute atomic E-state index is 0.0344. The number of rotatable bonds is 6. The second-order valence-corrected chi connectivity index (χ2v) is 11.3. The van der Waals surface area contributed by atoms with Crippen LogP contribution in [0.25, 0.3) is 21.5 Å². The van der Waals surface area contributed by atoms with E-state index in [2.05, 4.69) is 4.98 Å². The number of aromatic carboxylic acids is 1. The van der Waals surface area contributed by atoms with Crippen molar-refractivity contribution < 1.29 is 31.5 Å². The molecule has 0 aliphatic heterocycles. The van der Waals surface area contributed by atoms with E-state index in [1.807, 2.05) is 0 Å². The van der Waals surface area contributed by atoms with Gasteiger partial charge in [0, 0.05) is 21.5 Å². The standard InChI is InChI=1S/C20H15ClN2O7S3/c1-10-13-8-12(21)4-6-16(13)31-19(10)23(32(26)27)15-5-3-11(7-17(15)33(2,28)29)18-22-14(9-30-18)20(24)25/h3-9H,1-2H3,(H,24,25)(H,26,27). The lowest BCUT2D eigenvalue weighted by Gasteiger charge is -2.22. The van der Waals surface area contributed by atoms with Gasteiger partial charge in [0.15, 0.2) is 15.5 Å². The molecular weight excluding hydrogens is 512 g/mol. The zero-order valence-corrected chi connectivity index (χ0v) is 20.2. The fraction of sp³-hybridized carbons (Fsp3) is 0.100. The quantitative estimate of drug-likeness (QED) is 0.338. The molecule has 0 radical (unpaired) electrons. The largest absolute Gasteiger partial charge is 0.476 e. The van der Waals surface area contributed by atoms with E-state index in [9.17, 15) is 22.0 Å². The summed E-state index contributed by atoms with van der Waals surface area (Å²) in [6.07, 6.45) is 1.90. The van der Waals surface area contributed by atoms with Crippen LogP contribution in [0, 0.1) is 6.92 Å². The third-order valence-electron chi connectivity index (χ3n) is 4.76. The molecule has 2 heterocycles. The van der Waals surface area contributed by atoms with Gasteiger partial charge in [0.2, 0.25) is 5.89 Å². The van der Waals surface area contributed by atoms with Gasteiger partial charge in [0.25, 0.3) is 11.3 Å². The topological polar surface area (TPSA) is 138 Å². The minimum atomic E-state index is -3.90. The summed E-state index contributed by atoms with van der Waals surface area (Å²) < 4.78 is 54.9. The summed E-state index contributed by atoms with van der Waals surface area (Å²) in [5.74, 6) is -1.40. The van der Waals surface area contributed by atoms with Crippen molar-refractivity contribution in [3.63, 3.8) is 0 Å². The van der Waals surface area contributed by atoms with Crippen molar-refractivity contribution in [1.29, 1.82) is 0 Å². The van der Waals surface area contributed by atoms with Gasteiger partial charge in [0.1, 0.15) is 11.3 Å². The molecule has 0 aliphatic carbocycles. The van der Waals surface area contributed by atoms with E-state index < -0.39 is 27.1 Å². The van der Waals surface area contributed by atoms with E-state index in [-0.39, 0.29) is 27.7 Å². The smallest absolute Gasteiger partial charge is 0.357 e. The maximum atomic E-state index is 12.6. The zero-order chi connectivity index (χ0) is 24.1. The molecule has 1 unspecified atom stereocenters. The van der Waals surface area contributed by atoms with Gasteiger partial charge in [0.05, 0.1) is 10.6 Å². The van der Waals surface area contributed by atoms with Crippen LogP contribution in [0.15, 0.2) is 52.0 Å². The number of fused-ring (bicyclic) bond motifs is 1. The SMILES string of the molecule is Cc1c(N(c2ccc(-c3nc(C(=O)O)co3)cc2S(C)(=O)=O)S(=O)O)sc2ccc(Cl)cc12. The maximum Gasteiger partial charge on any atom is 0.357 e. The highest BCUT2D eigenvalue weighted by Crippen LogP contribution is 2.44. The monoisotopic (exact) mass is 526 g/mol. The van der Waals surface area contributed by atoms with Crippen LogP contribution < -0.4 is 4.31 Å². The van der Waals surface area contributed by atoms with Crippen molar-refractivity contribution in [2.45, 2.75) is 11.8 Å². The Morgan fingerprint density at radius 3 is 2.58 bits per heavy atom. The number of anilines is 2. The Hall–Kier alpha value is -2.77. The summed E-state index contributed by atoms with van der Waals surface area (Å²) in [4.78, 5) is 14.7. The Morgan fingerprint density at radius 2 is 1.97 bits per heavy atom. The van der Waals surface area contributed by atoms with Crippen molar-refractivity contribution in [1.82, 2.24) is 4.98 Å². The number of hydrogen-bond acceptors (Lipinski definition) is 7. The Labute approximate surface area is 199 Å². The maximum absolute atomic E-state index is 12.6. The van der Waals surface area contributed by atoms with Crippen molar-refractivity contribution >= 4 is 70.8 Å². The number of oxazole rings is 1. The summed E-state index contributed by atoms with van der Waals surface area (Å²) in [6, 6.07) is 9.21. The lowest BCUT2D eigenvalue weighted by molar-refractivity contribution is 0.0690. The summed E-state index contributed by atoms with van der Waals surface area (Å²) in [5.41, 5.74) is 0.470. The fourth-order valence-electron chi connectivity index (χ4n) is 3.25. The van der Waals surface area contributed by atoms with Crippen LogP contribution in [0.2, 0.25) is 5.02 Å². The molecule has 0 fully saturated rings. The van der Waals surface area contributed by atoms with Gasteiger partial charge in [-0.05, 0) is 54.3 Å². The molecule has 172 valence electrons. The molecule has 2 N–H and O–H groups in total. The van der Waals surface area contributed by atoms with Crippen molar-refractivity contribution in [3.05, 3.63) is 58.9 Å². The second kappa shape index (κ2) is 8.54. The van der Waals surface area contributed by atoms with E-state index >= 15 is 0 Å². The number of carbonyl (C=O) groups is 1. The average Bonchev–Trinajstić information content (AvgIpc) is 3.34. The Balaban J connectivity index is 1.92. The lowest BCUT2D eigenvalue weighted by atomic mass is 10.1. The predicted molar refractivity (Wildman–Crippen MR) is 126 cm³/mol. The number of benzene rings is 2. The first kappa shape index (κ1) is 23.4. The molecule has 0 spiro atoms. The van der Waals surface area contributed by atoms with E-state index in [0.29, 0.717) is 15.6 Å². The molecule has 13 heteroatoms. The number of carboxylic acids is 1. The molecule has 2 aromatic heterocycles. The molecule has 2 aromatic carbocycles. The van der Waals surface area contributed by atoms with E-state index in [4.69, 9.17) is 21.1 Å². The molecule has 0 aliphatic rings. The number of carboxylic acid groups (broad SMARTS) is 1. The van der Waals surface area contributed by atoms with Gasteiger partial charge in [-0.1, -0.05) is 11.6 Å². The number of aryl methyl sites for hydroxylation is 1. The molecule has 9 nitrogen and oxygen atoms in total. The Kier molecular flexibility index (Phi) is 6.05. The number of hydrogen-bond donors (Lipinski definition) is 2. The third kappa shape index (κ3) is 4.39. The Bertz CT molecular complexity index is 1540. The normalized spacial score (nSPS) is 12.7. The van der Waals surface area contributed by atoms with Crippen LogP contribution in [0.5, 0.6) is 0 Å². The molecule has 0 bridgehead atoms. The fourth-order valence-corrected chi connectivity index (χ4v) is 6.39. The number of sulfone groups is 1. The van der Waals surface area contributed by atoms with Gasteiger partial charge >= 0.3 is 5.97 Å². The highest BCUT2D eigenvalue weighted by Gasteiger charge is 2.28. The average molecular weight is 527 g/mol. The summed E-state index contributed by atoms with van der Waals surface area (Å²) in [6.45, 7) is 1.75. The summed E-state index contributed by atoms with van der Waals surface area (Å²) >= 11 is 4.69. The van der Waals surface area contributed by atoms with Gasteiger partial charge in [-0.3, -0.25) is 4.55 Å². The number of nitrogens with zero attached hydrogens (tertiary/aromatic N) is 2. The Morgan fingerprint density at radius 1 is 1.24 bits per heavy atom. The van der Waals surface area contributed by atoms with E-state index in [1.165, 1.54) is 29.5 Å². The van der Waals surface area contributed by atoms with Crippen LogP contribution in [-0.4, -0.2) is 39.5 Å². The summed E-state index contributed by atoms with van der Waals surface area (Å²) in [5, 5.41) is 10.7. The van der Waals surface area contributed by atoms with Crippen molar-refractivity contribution in [2.75, 3.05) is 10.6 Å². The lowest BCUT2D eigenvalue weighted by Crippen LogP contribution is -2.21. The van der Waals surface area contributed by atoms with Crippen LogP contribution in [0.1, 0.15) is 16.1 Å². The van der Waals surface area contributed by atoms with E-state index in [1.54, 1.807) is 25.1 Å². The third-order valence-corrected chi connectivity index (χ3v) is 8.19. The molecule has 0 saturated carbocycles. The first-order valence-electron chi connectivity index (χ1n) is 9.10. The number of thiophene rings is 1. The molecule has 1 atom stereocenters. The van der Waals surface area contributed by atoms with E-state index in [0.717, 1.165) is 26.9 Å². The van der Waals surface area contributed by atoms with Gasteiger partial charge in [-0.25, -0.2) is 26.7 Å². The van der Waals surface area contributed by atoms with Crippen LogP contribution >= 0.6 is 22.9 Å². The van der Waals surface area contributed by atoms with Gasteiger partial charge in [-0.15, -0.1) is 11.3 Å². The molecule has 4 rings (SSSR count). The molecule has 0 saturated heterocycles. The van der Waals surface area contributed by atoms with Crippen LogP contribution in [-0.2, 0) is 21.1 Å². The second-order valence-electron chi connectivity index (χ2n) is 7.00. The van der Waals surface area contributed by atoms with Crippen molar-refractivity contribution in [3.8, 4) is 11.5 Å². The molecular formula is C20H15ClN2O7S3. The number of aromatic nitrogens is 1. The number of halogens is 1. The first-order valence-corrected chi connectivity index (χ1v) is 13.3. The minimum Gasteiger partial charge on any atom is -0.476 e. The summed E-state index contributed by atoms with van der Waals surface area (Å²) in [7, 11) is -3.90.